The van der Waals surface area contributed by atoms with E-state index in [1.807, 2.05) is 78.9 Å². The summed E-state index contributed by atoms with van der Waals surface area (Å²) in [5.41, 5.74) is 13.6. The summed E-state index contributed by atoms with van der Waals surface area (Å²) in [4.78, 5) is 12.1. The highest BCUT2D eigenvalue weighted by Crippen LogP contribution is 2.19. The van der Waals surface area contributed by atoms with Crippen molar-refractivity contribution in [2.24, 2.45) is 0 Å². The fourth-order valence-electron chi connectivity index (χ4n) is 2.40. The van der Waals surface area contributed by atoms with Crippen LogP contribution in [0.2, 0.25) is 0 Å². The molecule has 4 N–H and O–H groups in total. The van der Waals surface area contributed by atoms with E-state index in [4.69, 9.17) is 11.5 Å². The van der Waals surface area contributed by atoms with E-state index in [1.54, 1.807) is 24.3 Å². The number of hydrogen-bond acceptors (Lipinski definition) is 3. The highest BCUT2D eigenvalue weighted by Gasteiger charge is 2.11. The lowest BCUT2D eigenvalue weighted by molar-refractivity contribution is 0.103. The Balaban J connectivity index is 0.000000189. The van der Waals surface area contributed by atoms with Gasteiger partial charge in [-0.3, -0.25) is 4.79 Å². The van der Waals surface area contributed by atoms with Gasteiger partial charge in [0.25, 0.3) is 0 Å². The number of rotatable bonds is 2. The second-order valence-electron chi connectivity index (χ2n) is 6.28. The molecule has 0 saturated heterocycles. The molecule has 0 spiro atoms. The van der Waals surface area contributed by atoms with Crippen LogP contribution in [0.25, 0.3) is 0 Å². The Morgan fingerprint density at radius 1 is 0.581 bits per heavy atom. The molecule has 3 nitrogen and oxygen atoms in total. The summed E-state index contributed by atoms with van der Waals surface area (Å²) in [6.45, 7) is 0. The van der Waals surface area contributed by atoms with Crippen molar-refractivity contribution in [2.45, 2.75) is 0 Å². The van der Waals surface area contributed by atoms with E-state index in [0.717, 1.165) is 19.1 Å². The molecule has 0 aliphatic heterocycles. The van der Waals surface area contributed by atoms with Gasteiger partial charge in [0.05, 0.1) is 0 Å². The molecule has 0 aliphatic carbocycles. The smallest absolute Gasteiger partial charge is 0.195 e. The first-order valence-electron chi connectivity index (χ1n) is 9.23. The molecule has 158 valence electrons. The Kier molecular flexibility index (Phi) is 10.5. The fraction of sp³-hybridized carbons (Fsp3) is 0. The maximum absolute atomic E-state index is 12.1. The number of carbonyl (C=O) groups is 1. The van der Waals surface area contributed by atoms with E-state index in [-0.39, 0.29) is 5.78 Å². The van der Waals surface area contributed by atoms with E-state index in [0.29, 0.717) is 16.8 Å². The van der Waals surface area contributed by atoms with Gasteiger partial charge in [-0.2, -0.15) is 0 Å². The van der Waals surface area contributed by atoms with Crippen molar-refractivity contribution in [2.75, 3.05) is 11.5 Å². The lowest BCUT2D eigenvalue weighted by Crippen LogP contribution is -2.04. The number of halogens is 3. The normalized spacial score (nSPS) is 9.52. The van der Waals surface area contributed by atoms with Crippen molar-refractivity contribution < 1.29 is 4.79 Å². The Hall–Kier alpha value is -2.41. The minimum Gasteiger partial charge on any atom is -0.399 e. The lowest BCUT2D eigenvalue weighted by Gasteiger charge is -2.04. The molecule has 4 rings (SSSR count). The third-order valence-electron chi connectivity index (χ3n) is 3.88. The zero-order valence-corrected chi connectivity index (χ0v) is 21.3. The molecular formula is C25H21Br3N2O. The van der Waals surface area contributed by atoms with Gasteiger partial charge in [-0.05, 0) is 54.6 Å². The third kappa shape index (κ3) is 9.09. The van der Waals surface area contributed by atoms with Gasteiger partial charge in [-0.25, -0.2) is 0 Å². The summed E-state index contributed by atoms with van der Waals surface area (Å²) in [6, 6.07) is 31.8. The molecule has 0 atom stereocenters. The maximum Gasteiger partial charge on any atom is 0.195 e. The molecule has 0 saturated carbocycles. The molecule has 4 aromatic carbocycles. The largest absolute Gasteiger partial charge is 0.399 e. The zero-order chi connectivity index (χ0) is 22.6. The summed E-state index contributed by atoms with van der Waals surface area (Å²) in [5, 5.41) is 0. The standard InChI is InChI=1S/C13H10BrNO.C6H4Br2.C6H7N/c14-10-5-3-4-9(8-10)13(16)11-6-1-2-7-12(11)15;7-5-2-1-3-6(8)4-5;7-6-4-2-1-3-5-6/h1-8H,15H2;1-4H;1-5H,7H2. The maximum atomic E-state index is 12.1. The molecule has 0 bridgehead atoms. The number of ketones is 1. The topological polar surface area (TPSA) is 69.1 Å². The van der Waals surface area contributed by atoms with Crippen LogP contribution in [0.4, 0.5) is 11.4 Å². The first-order valence-corrected chi connectivity index (χ1v) is 11.6. The molecule has 31 heavy (non-hydrogen) atoms. The summed E-state index contributed by atoms with van der Waals surface area (Å²) in [6.07, 6.45) is 0. The molecule has 0 aromatic heterocycles. The van der Waals surface area contributed by atoms with Gasteiger partial charge in [0.2, 0.25) is 0 Å². The quantitative estimate of drug-likeness (QED) is 0.182. The van der Waals surface area contributed by atoms with Crippen LogP contribution in [0.3, 0.4) is 0 Å². The van der Waals surface area contributed by atoms with Crippen LogP contribution in [0.5, 0.6) is 0 Å². The molecule has 4 aromatic rings. The molecular weight excluding hydrogens is 584 g/mol. The monoisotopic (exact) mass is 602 g/mol. The van der Waals surface area contributed by atoms with Crippen LogP contribution in [-0.4, -0.2) is 5.78 Å². The summed E-state index contributed by atoms with van der Waals surface area (Å²) in [7, 11) is 0. The van der Waals surface area contributed by atoms with Gasteiger partial charge in [-0.15, -0.1) is 0 Å². The van der Waals surface area contributed by atoms with Crippen molar-refractivity contribution >= 4 is 64.9 Å². The first-order chi connectivity index (χ1) is 14.9. The summed E-state index contributed by atoms with van der Waals surface area (Å²) in [5.74, 6) is -0.0561. The molecule has 0 fully saturated rings. The van der Waals surface area contributed by atoms with Gasteiger partial charge < -0.3 is 11.5 Å². The number of nitrogen functional groups attached to an aromatic ring is 2. The Morgan fingerprint density at radius 3 is 1.55 bits per heavy atom. The second kappa shape index (κ2) is 13.1. The van der Waals surface area contributed by atoms with Crippen LogP contribution in [-0.2, 0) is 0 Å². The average Bonchev–Trinajstić information content (AvgIpc) is 2.75. The number of benzene rings is 4. The van der Waals surface area contributed by atoms with Crippen LogP contribution >= 0.6 is 47.8 Å². The van der Waals surface area contributed by atoms with E-state index < -0.39 is 0 Å². The number of hydrogen-bond donors (Lipinski definition) is 2. The second-order valence-corrected chi connectivity index (χ2v) is 9.02. The van der Waals surface area contributed by atoms with E-state index in [2.05, 4.69) is 47.8 Å². The van der Waals surface area contributed by atoms with E-state index in [9.17, 15) is 4.79 Å². The molecule has 0 unspecified atom stereocenters. The summed E-state index contributed by atoms with van der Waals surface area (Å²) >= 11 is 10.0. The van der Waals surface area contributed by atoms with E-state index in [1.165, 1.54) is 0 Å². The van der Waals surface area contributed by atoms with Crippen LogP contribution in [0.15, 0.2) is 117 Å². The van der Waals surface area contributed by atoms with Gasteiger partial charge in [0, 0.05) is 35.9 Å². The minimum absolute atomic E-state index is 0.0561. The molecule has 6 heteroatoms. The number of anilines is 2. The van der Waals surface area contributed by atoms with Crippen LogP contribution in [0.1, 0.15) is 15.9 Å². The van der Waals surface area contributed by atoms with Crippen molar-refractivity contribution in [3.8, 4) is 0 Å². The highest BCUT2D eigenvalue weighted by molar-refractivity contribution is 9.11. The van der Waals surface area contributed by atoms with Crippen molar-refractivity contribution in [3.63, 3.8) is 0 Å². The Bertz CT molecular complexity index is 1100. The van der Waals surface area contributed by atoms with Crippen LogP contribution in [0, 0.1) is 0 Å². The van der Waals surface area contributed by atoms with Crippen LogP contribution < -0.4 is 11.5 Å². The fourth-order valence-corrected chi connectivity index (χ4v) is 3.91. The van der Waals surface area contributed by atoms with E-state index >= 15 is 0 Å². The zero-order valence-electron chi connectivity index (χ0n) is 16.5. The molecule has 0 radical (unpaired) electrons. The van der Waals surface area contributed by atoms with Gasteiger partial charge >= 0.3 is 0 Å². The van der Waals surface area contributed by atoms with Gasteiger partial charge in [0.15, 0.2) is 5.78 Å². The van der Waals surface area contributed by atoms with Gasteiger partial charge in [-0.1, -0.05) is 96.3 Å². The SMILES string of the molecule is Brc1cccc(Br)c1.Nc1ccccc1.Nc1ccccc1C(=O)c1cccc(Br)c1. The van der Waals surface area contributed by atoms with Crippen molar-refractivity contribution in [1.82, 2.24) is 0 Å². The Morgan fingerprint density at radius 2 is 1.10 bits per heavy atom. The molecule has 0 amide bonds. The lowest BCUT2D eigenvalue weighted by atomic mass is 10.0. The third-order valence-corrected chi connectivity index (χ3v) is 5.36. The molecule has 0 aliphatic rings. The number of carbonyl (C=O) groups excluding carboxylic acids is 1. The Labute approximate surface area is 207 Å². The van der Waals surface area contributed by atoms with Gasteiger partial charge in [0.1, 0.15) is 0 Å². The summed E-state index contributed by atoms with van der Waals surface area (Å²) < 4.78 is 3.09. The number of para-hydroxylation sites is 2. The van der Waals surface area contributed by atoms with Crippen molar-refractivity contribution in [1.29, 1.82) is 0 Å². The predicted molar refractivity (Wildman–Crippen MR) is 141 cm³/mol. The average molecular weight is 605 g/mol. The number of nitrogens with two attached hydrogens (primary N) is 2. The minimum atomic E-state index is -0.0561. The highest BCUT2D eigenvalue weighted by atomic mass is 79.9. The molecule has 0 heterocycles. The van der Waals surface area contributed by atoms with Crippen molar-refractivity contribution in [3.05, 3.63) is 128 Å². The first kappa shape index (κ1) is 24.9. The predicted octanol–water partition coefficient (Wildman–Crippen LogP) is 7.74.